The van der Waals surface area contributed by atoms with E-state index >= 15 is 0 Å². The van der Waals surface area contributed by atoms with Crippen molar-refractivity contribution in [1.29, 1.82) is 0 Å². The van der Waals surface area contributed by atoms with Gasteiger partial charge in [0.1, 0.15) is 12.4 Å². The van der Waals surface area contributed by atoms with Crippen LogP contribution in [0.15, 0.2) is 54.9 Å². The van der Waals surface area contributed by atoms with Crippen molar-refractivity contribution in [3.05, 3.63) is 66.0 Å². The standard InChI is InChI=1S/C19H22N2O3/c1-15(22)10-12-21-19(23)9-6-16-4-7-18(8-5-16)24-14-17-3-2-11-20-13-17/h2-9,11,13,15,22H,10,12,14H2,1H3,(H,21,23). The lowest BCUT2D eigenvalue weighted by molar-refractivity contribution is -0.116. The van der Waals surface area contributed by atoms with E-state index in [-0.39, 0.29) is 5.91 Å². The van der Waals surface area contributed by atoms with Crippen LogP contribution in [0.5, 0.6) is 5.75 Å². The van der Waals surface area contributed by atoms with Crippen molar-refractivity contribution in [2.45, 2.75) is 26.1 Å². The lowest BCUT2D eigenvalue weighted by Gasteiger charge is -2.06. The monoisotopic (exact) mass is 326 g/mol. The molecule has 0 aliphatic rings. The predicted molar refractivity (Wildman–Crippen MR) is 93.4 cm³/mol. The average Bonchev–Trinajstić information content (AvgIpc) is 2.59. The van der Waals surface area contributed by atoms with Crippen molar-refractivity contribution in [3.8, 4) is 5.75 Å². The molecule has 2 N–H and O–H groups in total. The molecule has 24 heavy (non-hydrogen) atoms. The van der Waals surface area contributed by atoms with E-state index in [9.17, 15) is 4.79 Å². The Balaban J connectivity index is 1.79. The summed E-state index contributed by atoms with van der Waals surface area (Å²) in [6.07, 6.45) is 6.85. The molecule has 1 aromatic heterocycles. The number of aliphatic hydroxyl groups is 1. The van der Waals surface area contributed by atoms with E-state index in [1.54, 1.807) is 25.4 Å². The molecule has 1 amide bonds. The number of benzene rings is 1. The number of ether oxygens (including phenoxy) is 1. The number of carbonyl (C=O) groups is 1. The maximum absolute atomic E-state index is 11.6. The van der Waals surface area contributed by atoms with Gasteiger partial charge in [0.2, 0.25) is 5.91 Å². The minimum atomic E-state index is -0.409. The summed E-state index contributed by atoms with van der Waals surface area (Å²) in [5.41, 5.74) is 1.92. The Morgan fingerprint density at radius 3 is 2.79 bits per heavy atom. The first kappa shape index (κ1) is 17.7. The molecule has 1 heterocycles. The van der Waals surface area contributed by atoms with Crippen molar-refractivity contribution in [1.82, 2.24) is 10.3 Å². The Morgan fingerprint density at radius 2 is 2.12 bits per heavy atom. The minimum absolute atomic E-state index is 0.174. The van der Waals surface area contributed by atoms with Gasteiger partial charge in [-0.2, -0.15) is 0 Å². The van der Waals surface area contributed by atoms with Gasteiger partial charge in [0.15, 0.2) is 0 Å². The van der Waals surface area contributed by atoms with Crippen LogP contribution in [0.4, 0.5) is 0 Å². The number of aromatic nitrogens is 1. The third-order valence-corrected chi connectivity index (χ3v) is 3.30. The molecule has 0 fully saturated rings. The third-order valence-electron chi connectivity index (χ3n) is 3.30. The van der Waals surface area contributed by atoms with Crippen LogP contribution in [0.25, 0.3) is 6.08 Å². The molecule has 0 radical (unpaired) electrons. The van der Waals surface area contributed by atoms with Gasteiger partial charge in [-0.25, -0.2) is 0 Å². The number of amides is 1. The number of nitrogens with zero attached hydrogens (tertiary/aromatic N) is 1. The molecule has 0 spiro atoms. The van der Waals surface area contributed by atoms with Crippen LogP contribution < -0.4 is 10.1 Å². The van der Waals surface area contributed by atoms with Crippen LogP contribution in [0.2, 0.25) is 0 Å². The zero-order valence-electron chi connectivity index (χ0n) is 13.7. The Hall–Kier alpha value is -2.66. The molecule has 2 aromatic rings. The normalized spacial score (nSPS) is 12.1. The summed E-state index contributed by atoms with van der Waals surface area (Å²) in [6.45, 7) is 2.62. The number of pyridine rings is 1. The average molecular weight is 326 g/mol. The molecule has 0 aliphatic carbocycles. The van der Waals surface area contributed by atoms with Crippen molar-refractivity contribution in [2.24, 2.45) is 0 Å². The van der Waals surface area contributed by atoms with Crippen molar-refractivity contribution < 1.29 is 14.6 Å². The van der Waals surface area contributed by atoms with E-state index in [0.29, 0.717) is 19.6 Å². The quantitative estimate of drug-likeness (QED) is 0.731. The van der Waals surface area contributed by atoms with Gasteiger partial charge in [-0.1, -0.05) is 18.2 Å². The number of nitrogens with one attached hydrogen (secondary N) is 1. The van der Waals surface area contributed by atoms with E-state index in [1.807, 2.05) is 36.4 Å². The number of aliphatic hydroxyl groups excluding tert-OH is 1. The van der Waals surface area contributed by atoms with Gasteiger partial charge in [-0.15, -0.1) is 0 Å². The van der Waals surface area contributed by atoms with E-state index in [1.165, 1.54) is 6.08 Å². The highest BCUT2D eigenvalue weighted by Gasteiger charge is 1.99. The fraction of sp³-hybridized carbons (Fsp3) is 0.263. The SMILES string of the molecule is CC(O)CCNC(=O)C=Cc1ccc(OCc2cccnc2)cc1. The molecule has 1 aromatic carbocycles. The smallest absolute Gasteiger partial charge is 0.244 e. The maximum atomic E-state index is 11.6. The highest BCUT2D eigenvalue weighted by molar-refractivity contribution is 5.91. The van der Waals surface area contributed by atoms with Gasteiger partial charge < -0.3 is 15.2 Å². The Bertz CT molecular complexity index is 652. The summed E-state index contributed by atoms with van der Waals surface area (Å²) in [5, 5.41) is 11.8. The maximum Gasteiger partial charge on any atom is 0.244 e. The summed E-state index contributed by atoms with van der Waals surface area (Å²) in [6, 6.07) is 11.3. The molecule has 5 heteroatoms. The van der Waals surface area contributed by atoms with E-state index in [2.05, 4.69) is 10.3 Å². The summed E-state index contributed by atoms with van der Waals surface area (Å²) in [5.74, 6) is 0.588. The predicted octanol–water partition coefficient (Wildman–Crippen LogP) is 2.56. The topological polar surface area (TPSA) is 71.5 Å². The zero-order chi connectivity index (χ0) is 17.2. The molecule has 1 atom stereocenters. The number of rotatable bonds is 8. The van der Waals surface area contributed by atoms with E-state index < -0.39 is 6.10 Å². The van der Waals surface area contributed by atoms with Crippen LogP contribution in [0.3, 0.4) is 0 Å². The van der Waals surface area contributed by atoms with Gasteiger partial charge in [-0.05, 0) is 43.2 Å². The number of carbonyl (C=O) groups excluding carboxylic acids is 1. The lowest BCUT2D eigenvalue weighted by Crippen LogP contribution is -2.24. The van der Waals surface area contributed by atoms with Gasteiger partial charge in [0.25, 0.3) is 0 Å². The molecule has 1 unspecified atom stereocenters. The summed E-state index contributed by atoms with van der Waals surface area (Å²) in [7, 11) is 0. The lowest BCUT2D eigenvalue weighted by atomic mass is 10.2. The van der Waals surface area contributed by atoms with Gasteiger partial charge >= 0.3 is 0 Å². The van der Waals surface area contributed by atoms with Crippen LogP contribution in [0.1, 0.15) is 24.5 Å². The van der Waals surface area contributed by atoms with Gasteiger partial charge in [0.05, 0.1) is 6.10 Å². The molecule has 2 rings (SSSR count). The molecule has 0 saturated carbocycles. The summed E-state index contributed by atoms with van der Waals surface area (Å²) < 4.78 is 5.68. The largest absolute Gasteiger partial charge is 0.489 e. The molecule has 0 bridgehead atoms. The van der Waals surface area contributed by atoms with Crippen molar-refractivity contribution in [2.75, 3.05) is 6.54 Å². The highest BCUT2D eigenvalue weighted by atomic mass is 16.5. The van der Waals surface area contributed by atoms with Crippen molar-refractivity contribution in [3.63, 3.8) is 0 Å². The first-order valence-electron chi connectivity index (χ1n) is 7.89. The van der Waals surface area contributed by atoms with Crippen LogP contribution in [-0.4, -0.2) is 28.6 Å². The fourth-order valence-corrected chi connectivity index (χ4v) is 1.96. The molecule has 0 aliphatic heterocycles. The van der Waals surface area contributed by atoms with Gasteiger partial charge in [-0.3, -0.25) is 9.78 Å². The van der Waals surface area contributed by atoms with Gasteiger partial charge in [0, 0.05) is 30.6 Å². The summed E-state index contributed by atoms with van der Waals surface area (Å²) in [4.78, 5) is 15.7. The third kappa shape index (κ3) is 6.62. The van der Waals surface area contributed by atoms with Crippen LogP contribution >= 0.6 is 0 Å². The second-order valence-corrected chi connectivity index (χ2v) is 5.48. The zero-order valence-corrected chi connectivity index (χ0v) is 13.7. The second-order valence-electron chi connectivity index (χ2n) is 5.48. The fourth-order valence-electron chi connectivity index (χ4n) is 1.96. The Kier molecular flexibility index (Phi) is 6.98. The van der Waals surface area contributed by atoms with Crippen LogP contribution in [0, 0.1) is 0 Å². The minimum Gasteiger partial charge on any atom is -0.489 e. The Labute approximate surface area is 142 Å². The molecular formula is C19H22N2O3. The Morgan fingerprint density at radius 1 is 1.33 bits per heavy atom. The van der Waals surface area contributed by atoms with E-state index in [4.69, 9.17) is 9.84 Å². The van der Waals surface area contributed by atoms with Crippen LogP contribution in [-0.2, 0) is 11.4 Å². The first-order valence-corrected chi connectivity index (χ1v) is 7.89. The second kappa shape index (κ2) is 9.47. The highest BCUT2D eigenvalue weighted by Crippen LogP contribution is 2.14. The summed E-state index contributed by atoms with van der Waals surface area (Å²) >= 11 is 0. The first-order chi connectivity index (χ1) is 11.6. The molecule has 126 valence electrons. The number of hydrogen-bond acceptors (Lipinski definition) is 4. The van der Waals surface area contributed by atoms with E-state index in [0.717, 1.165) is 16.9 Å². The number of hydrogen-bond donors (Lipinski definition) is 2. The molecule has 5 nitrogen and oxygen atoms in total. The molecule has 0 saturated heterocycles. The molecular weight excluding hydrogens is 304 g/mol. The van der Waals surface area contributed by atoms with Crippen molar-refractivity contribution >= 4 is 12.0 Å².